The van der Waals surface area contributed by atoms with Crippen LogP contribution in [0.5, 0.6) is 5.75 Å². The lowest BCUT2D eigenvalue weighted by molar-refractivity contribution is 0.00172. The average molecular weight is 479 g/mol. The second kappa shape index (κ2) is 9.36. The smallest absolute Gasteiger partial charge is 0.254 e. The van der Waals surface area contributed by atoms with Crippen LogP contribution in [0.25, 0.3) is 21.8 Å². The van der Waals surface area contributed by atoms with Crippen molar-refractivity contribution in [3.05, 3.63) is 90.8 Å². The Morgan fingerprint density at radius 1 is 1.17 bits per heavy atom. The molecule has 182 valence electrons. The van der Waals surface area contributed by atoms with Gasteiger partial charge in [-0.05, 0) is 73.2 Å². The highest BCUT2D eigenvalue weighted by Gasteiger charge is 2.43. The highest BCUT2D eigenvalue weighted by molar-refractivity contribution is 6.05. The number of methoxy groups -OCH3 is 1. The van der Waals surface area contributed by atoms with Crippen molar-refractivity contribution in [1.82, 2.24) is 20.2 Å². The molecule has 0 spiro atoms. The van der Waals surface area contributed by atoms with E-state index in [4.69, 9.17) is 4.74 Å². The molecule has 3 aliphatic heterocycles. The highest BCUT2D eigenvalue weighted by Crippen LogP contribution is 2.42. The third-order valence-electron chi connectivity index (χ3n) is 8.02. The fraction of sp³-hybridized carbons (Fsp3) is 0.300. The summed E-state index contributed by atoms with van der Waals surface area (Å²) in [4.78, 5) is 25.5. The zero-order chi connectivity index (χ0) is 24.6. The SMILES string of the molecule is C=C[C@H]1CN2CC[C@H]1C[C@H]2[C@@H](NC(=O)c1cccc2cccnc12)c1ccnc2ccc(OC)cc12. The van der Waals surface area contributed by atoms with Gasteiger partial charge in [-0.2, -0.15) is 0 Å². The highest BCUT2D eigenvalue weighted by atomic mass is 16.5. The van der Waals surface area contributed by atoms with Crippen molar-refractivity contribution < 1.29 is 9.53 Å². The summed E-state index contributed by atoms with van der Waals surface area (Å²) >= 11 is 0. The molecular weight excluding hydrogens is 448 g/mol. The number of nitrogens with zero attached hydrogens (tertiary/aromatic N) is 3. The van der Waals surface area contributed by atoms with Gasteiger partial charge in [0.15, 0.2) is 0 Å². The van der Waals surface area contributed by atoms with Crippen LogP contribution < -0.4 is 10.1 Å². The maximum Gasteiger partial charge on any atom is 0.254 e. The Bertz CT molecular complexity index is 1450. The number of rotatable bonds is 6. The van der Waals surface area contributed by atoms with Gasteiger partial charge in [0, 0.05) is 35.8 Å². The molecular formula is C30H30N4O2. The second-order valence-corrected chi connectivity index (χ2v) is 9.86. The first kappa shape index (κ1) is 22.7. The van der Waals surface area contributed by atoms with Crippen molar-refractivity contribution in [2.75, 3.05) is 20.2 Å². The summed E-state index contributed by atoms with van der Waals surface area (Å²) in [6.45, 7) is 6.10. The Labute approximate surface area is 211 Å². The normalized spacial score (nSPS) is 23.9. The van der Waals surface area contributed by atoms with Crippen molar-refractivity contribution in [2.45, 2.75) is 24.9 Å². The van der Waals surface area contributed by atoms with E-state index in [2.05, 4.69) is 32.8 Å². The van der Waals surface area contributed by atoms with Gasteiger partial charge in [0.1, 0.15) is 5.75 Å². The lowest BCUT2D eigenvalue weighted by Crippen LogP contribution is -2.57. The molecule has 6 nitrogen and oxygen atoms in total. The number of carbonyl (C=O) groups is 1. The Kier molecular flexibility index (Phi) is 5.89. The molecule has 4 aromatic rings. The lowest BCUT2D eigenvalue weighted by atomic mass is 9.73. The Morgan fingerprint density at radius 2 is 2.06 bits per heavy atom. The van der Waals surface area contributed by atoms with Gasteiger partial charge in [-0.15, -0.1) is 6.58 Å². The Morgan fingerprint density at radius 3 is 2.86 bits per heavy atom. The van der Waals surface area contributed by atoms with Gasteiger partial charge in [-0.3, -0.25) is 19.7 Å². The van der Waals surface area contributed by atoms with Gasteiger partial charge in [-0.1, -0.05) is 24.3 Å². The third kappa shape index (κ3) is 3.91. The Hall–Kier alpha value is -3.77. The van der Waals surface area contributed by atoms with Gasteiger partial charge in [-0.25, -0.2) is 0 Å². The van der Waals surface area contributed by atoms with Gasteiger partial charge in [0.25, 0.3) is 5.91 Å². The first-order chi connectivity index (χ1) is 17.7. The summed E-state index contributed by atoms with van der Waals surface area (Å²) in [5.41, 5.74) is 3.26. The molecule has 2 aromatic carbocycles. The first-order valence-corrected chi connectivity index (χ1v) is 12.6. The predicted molar refractivity (Wildman–Crippen MR) is 142 cm³/mol. The minimum absolute atomic E-state index is 0.111. The summed E-state index contributed by atoms with van der Waals surface area (Å²) < 4.78 is 5.53. The summed E-state index contributed by atoms with van der Waals surface area (Å²) in [5.74, 6) is 1.75. The van der Waals surface area contributed by atoms with Gasteiger partial charge in [0.2, 0.25) is 0 Å². The molecule has 2 aromatic heterocycles. The largest absolute Gasteiger partial charge is 0.497 e. The maximum absolute atomic E-state index is 13.8. The number of aromatic nitrogens is 2. The molecule has 3 fully saturated rings. The van der Waals surface area contributed by atoms with Crippen LogP contribution in [0.15, 0.2) is 79.6 Å². The average Bonchev–Trinajstić information content (AvgIpc) is 2.95. The minimum Gasteiger partial charge on any atom is -0.497 e. The first-order valence-electron chi connectivity index (χ1n) is 12.6. The summed E-state index contributed by atoms with van der Waals surface area (Å²) in [7, 11) is 1.67. The summed E-state index contributed by atoms with van der Waals surface area (Å²) in [6.07, 6.45) is 7.87. The van der Waals surface area contributed by atoms with Gasteiger partial charge >= 0.3 is 0 Å². The fourth-order valence-electron chi connectivity index (χ4n) is 6.16. The van der Waals surface area contributed by atoms with E-state index in [1.165, 1.54) is 6.42 Å². The molecule has 36 heavy (non-hydrogen) atoms. The number of hydrogen-bond acceptors (Lipinski definition) is 5. The predicted octanol–water partition coefficient (Wildman–Crippen LogP) is 5.16. The fourth-order valence-corrected chi connectivity index (χ4v) is 6.16. The monoisotopic (exact) mass is 478 g/mol. The molecule has 1 unspecified atom stereocenters. The van der Waals surface area contributed by atoms with Crippen LogP contribution in [0.1, 0.15) is 34.8 Å². The molecule has 7 rings (SSSR count). The van der Waals surface area contributed by atoms with Crippen LogP contribution in [0, 0.1) is 11.8 Å². The zero-order valence-corrected chi connectivity index (χ0v) is 20.4. The number of pyridine rings is 2. The van der Waals surface area contributed by atoms with E-state index in [0.29, 0.717) is 17.4 Å². The van der Waals surface area contributed by atoms with E-state index in [1.54, 1.807) is 13.3 Å². The van der Waals surface area contributed by atoms with Crippen LogP contribution in [0.2, 0.25) is 0 Å². The third-order valence-corrected chi connectivity index (χ3v) is 8.02. The van der Waals surface area contributed by atoms with Crippen LogP contribution in [-0.4, -0.2) is 47.0 Å². The molecule has 2 bridgehead atoms. The number of fused-ring (bicyclic) bond motifs is 5. The Balaban J connectivity index is 1.44. The molecule has 5 heterocycles. The van der Waals surface area contributed by atoms with Crippen LogP contribution in [-0.2, 0) is 0 Å². The van der Waals surface area contributed by atoms with E-state index in [0.717, 1.165) is 52.6 Å². The number of carbonyl (C=O) groups excluding carboxylic acids is 1. The molecule has 6 heteroatoms. The second-order valence-electron chi connectivity index (χ2n) is 9.86. The molecule has 3 aliphatic rings. The summed E-state index contributed by atoms with van der Waals surface area (Å²) in [5, 5.41) is 5.40. The van der Waals surface area contributed by atoms with Crippen molar-refractivity contribution in [3.8, 4) is 5.75 Å². The van der Waals surface area contributed by atoms with Crippen molar-refractivity contribution in [2.24, 2.45) is 11.8 Å². The number of piperidine rings is 3. The lowest BCUT2D eigenvalue weighted by Gasteiger charge is -2.51. The number of ether oxygens (including phenoxy) is 1. The molecule has 1 N–H and O–H groups in total. The number of nitrogens with one attached hydrogen (secondary N) is 1. The van der Waals surface area contributed by atoms with E-state index >= 15 is 0 Å². The van der Waals surface area contributed by atoms with Crippen molar-refractivity contribution in [3.63, 3.8) is 0 Å². The number of hydrogen-bond donors (Lipinski definition) is 1. The number of para-hydroxylation sites is 1. The van der Waals surface area contributed by atoms with Crippen molar-refractivity contribution >= 4 is 27.7 Å². The zero-order valence-electron chi connectivity index (χ0n) is 20.4. The van der Waals surface area contributed by atoms with Gasteiger partial charge < -0.3 is 10.1 Å². The summed E-state index contributed by atoms with van der Waals surface area (Å²) in [6, 6.07) is 17.6. The van der Waals surface area contributed by atoms with Crippen molar-refractivity contribution in [1.29, 1.82) is 0 Å². The quantitative estimate of drug-likeness (QED) is 0.388. The molecule has 0 radical (unpaired) electrons. The molecule has 0 saturated carbocycles. The van der Waals surface area contributed by atoms with Crippen LogP contribution in [0.4, 0.5) is 0 Å². The minimum atomic E-state index is -0.206. The topological polar surface area (TPSA) is 67.4 Å². The van der Waals surface area contributed by atoms with Crippen LogP contribution in [0.3, 0.4) is 0 Å². The number of benzene rings is 2. The van der Waals surface area contributed by atoms with Gasteiger partial charge in [0.05, 0.1) is 29.7 Å². The van der Waals surface area contributed by atoms with E-state index in [9.17, 15) is 4.79 Å². The molecule has 1 amide bonds. The maximum atomic E-state index is 13.8. The standard InChI is InChI=1S/C30H30N4O2/c1-3-19-18-34-15-12-21(19)16-27(34)29(23-11-14-31-26-10-9-22(36-2)17-25(23)26)33-30(35)24-8-4-6-20-7-5-13-32-28(20)24/h3-11,13-14,17,19,21,27,29H,1,12,15-16,18H2,2H3,(H,33,35)/t19-,21-,27-,29-/m0/s1. The molecule has 0 aliphatic carbocycles. The van der Waals surface area contributed by atoms with Crippen LogP contribution >= 0.6 is 0 Å². The van der Waals surface area contributed by atoms with E-state index in [-0.39, 0.29) is 18.0 Å². The number of amides is 1. The van der Waals surface area contributed by atoms with E-state index in [1.807, 2.05) is 60.8 Å². The molecule has 5 atom stereocenters. The molecule has 3 saturated heterocycles. The van der Waals surface area contributed by atoms with E-state index < -0.39 is 0 Å².